The normalized spacial score (nSPS) is 15.6. The number of nitrogens with one attached hydrogen (secondary N) is 2. The number of hydrogen-bond donors (Lipinski definition) is 2. The van der Waals surface area contributed by atoms with Crippen LogP contribution >= 0.6 is 0 Å². The molecule has 1 aliphatic heterocycles. The summed E-state index contributed by atoms with van der Waals surface area (Å²) in [4.78, 5) is 28.1. The fourth-order valence-corrected chi connectivity index (χ4v) is 5.44. The lowest BCUT2D eigenvalue weighted by Gasteiger charge is -2.31. The van der Waals surface area contributed by atoms with E-state index in [0.717, 1.165) is 0 Å². The molecular weight excluding hydrogens is 418 g/mol. The summed E-state index contributed by atoms with van der Waals surface area (Å²) in [6, 6.07) is 8.43. The first kappa shape index (κ1) is 23.0. The minimum atomic E-state index is -3.48. The number of amides is 1. The number of carbonyl (C=O) groups is 2. The van der Waals surface area contributed by atoms with Crippen molar-refractivity contribution in [3.05, 3.63) is 52.8 Å². The average Bonchev–Trinajstić information content (AvgIpc) is 3.14. The molecule has 2 N–H and O–H groups in total. The van der Waals surface area contributed by atoms with Crippen molar-refractivity contribution in [2.45, 2.75) is 38.0 Å². The molecule has 1 saturated heterocycles. The van der Waals surface area contributed by atoms with Gasteiger partial charge < -0.3 is 15.0 Å². The summed E-state index contributed by atoms with van der Waals surface area (Å²) in [5.41, 5.74) is 2.02. The molecule has 0 aliphatic carbocycles. The quantitative estimate of drug-likeness (QED) is 0.634. The molecule has 0 radical (unpaired) electrons. The lowest BCUT2D eigenvalue weighted by Crippen LogP contribution is -2.41. The van der Waals surface area contributed by atoms with Gasteiger partial charge in [0.25, 0.3) is 5.91 Å². The number of methoxy groups -OCH3 is 1. The summed E-state index contributed by atoms with van der Waals surface area (Å²) >= 11 is 0. The van der Waals surface area contributed by atoms with Crippen molar-refractivity contribution in [1.29, 1.82) is 0 Å². The minimum absolute atomic E-state index is 0.187. The standard InChI is InChI=1S/C22H29N3O5S/c1-4-18-19(22(27)30-3)15(2)20(24-18)21(26)23-14-16-10-12-25(13-11-16)31(28,29)17-8-6-5-7-9-17/h5-9,16,24H,4,10-14H2,1-3H3,(H,23,26). The summed E-state index contributed by atoms with van der Waals surface area (Å²) in [5, 5.41) is 2.93. The van der Waals surface area contributed by atoms with E-state index in [-0.39, 0.29) is 11.8 Å². The van der Waals surface area contributed by atoms with Crippen molar-refractivity contribution < 1.29 is 22.7 Å². The van der Waals surface area contributed by atoms with E-state index in [9.17, 15) is 18.0 Å². The lowest BCUT2D eigenvalue weighted by molar-refractivity contribution is 0.0599. The fourth-order valence-electron chi connectivity index (χ4n) is 3.95. The van der Waals surface area contributed by atoms with Crippen LogP contribution in [0.5, 0.6) is 0 Å². The van der Waals surface area contributed by atoms with Crippen LogP contribution in [0, 0.1) is 12.8 Å². The van der Waals surface area contributed by atoms with Crippen LogP contribution in [0.2, 0.25) is 0 Å². The summed E-state index contributed by atoms with van der Waals surface area (Å²) in [6.07, 6.45) is 1.92. The Kier molecular flexibility index (Phi) is 7.17. The first-order valence-corrected chi connectivity index (χ1v) is 11.9. The molecule has 1 aromatic carbocycles. The van der Waals surface area contributed by atoms with Crippen LogP contribution in [0.4, 0.5) is 0 Å². The molecule has 168 valence electrons. The van der Waals surface area contributed by atoms with Gasteiger partial charge in [-0.05, 0) is 49.8 Å². The molecule has 0 unspecified atom stereocenters. The zero-order valence-electron chi connectivity index (χ0n) is 18.1. The highest BCUT2D eigenvalue weighted by Crippen LogP contribution is 2.24. The monoisotopic (exact) mass is 447 g/mol. The Morgan fingerprint density at radius 2 is 1.84 bits per heavy atom. The Hall–Kier alpha value is -2.65. The van der Waals surface area contributed by atoms with Crippen LogP contribution in [0.1, 0.15) is 51.9 Å². The first-order valence-electron chi connectivity index (χ1n) is 10.4. The van der Waals surface area contributed by atoms with Crippen LogP contribution < -0.4 is 5.32 Å². The molecule has 1 amide bonds. The molecule has 0 bridgehead atoms. The molecule has 0 atom stereocenters. The molecule has 31 heavy (non-hydrogen) atoms. The second-order valence-electron chi connectivity index (χ2n) is 7.69. The van der Waals surface area contributed by atoms with Gasteiger partial charge in [0.05, 0.1) is 17.6 Å². The number of hydrogen-bond acceptors (Lipinski definition) is 5. The van der Waals surface area contributed by atoms with E-state index in [1.165, 1.54) is 11.4 Å². The Labute approximate surface area is 183 Å². The zero-order chi connectivity index (χ0) is 22.6. The van der Waals surface area contributed by atoms with Crippen molar-refractivity contribution >= 4 is 21.9 Å². The van der Waals surface area contributed by atoms with Crippen LogP contribution in [0.15, 0.2) is 35.2 Å². The van der Waals surface area contributed by atoms with E-state index in [4.69, 9.17) is 4.74 Å². The van der Waals surface area contributed by atoms with Crippen molar-refractivity contribution in [2.24, 2.45) is 5.92 Å². The van der Waals surface area contributed by atoms with Gasteiger partial charge in [0.1, 0.15) is 5.69 Å². The summed E-state index contributed by atoms with van der Waals surface area (Å²) in [6.45, 7) is 4.92. The number of carbonyl (C=O) groups excluding carboxylic acids is 2. The van der Waals surface area contributed by atoms with Crippen molar-refractivity contribution in [3.8, 4) is 0 Å². The van der Waals surface area contributed by atoms with Crippen LogP contribution in [0.3, 0.4) is 0 Å². The third kappa shape index (κ3) is 4.83. The predicted octanol–water partition coefficient (Wildman–Crippen LogP) is 2.50. The second kappa shape index (κ2) is 9.65. The maximum absolute atomic E-state index is 12.7. The molecule has 9 heteroatoms. The predicted molar refractivity (Wildman–Crippen MR) is 117 cm³/mol. The number of aromatic amines is 1. The molecule has 1 fully saturated rings. The lowest BCUT2D eigenvalue weighted by atomic mass is 9.98. The summed E-state index contributed by atoms with van der Waals surface area (Å²) in [7, 11) is -2.17. The summed E-state index contributed by atoms with van der Waals surface area (Å²) in [5.74, 6) is -0.550. The van der Waals surface area contributed by atoms with Gasteiger partial charge >= 0.3 is 5.97 Å². The number of ether oxygens (including phenoxy) is 1. The molecular formula is C22H29N3O5S. The number of sulfonamides is 1. The highest BCUT2D eigenvalue weighted by molar-refractivity contribution is 7.89. The molecule has 0 spiro atoms. The van der Waals surface area contributed by atoms with Gasteiger partial charge in [0.15, 0.2) is 0 Å². The Morgan fingerprint density at radius 3 is 2.42 bits per heavy atom. The van der Waals surface area contributed by atoms with E-state index in [0.29, 0.717) is 66.3 Å². The first-order chi connectivity index (χ1) is 14.8. The molecule has 2 aromatic rings. The minimum Gasteiger partial charge on any atom is -0.465 e. The van der Waals surface area contributed by atoms with E-state index in [1.807, 2.05) is 6.92 Å². The van der Waals surface area contributed by atoms with Gasteiger partial charge in [-0.1, -0.05) is 25.1 Å². The fraction of sp³-hybridized carbons (Fsp3) is 0.455. The van der Waals surface area contributed by atoms with Gasteiger partial charge in [-0.15, -0.1) is 0 Å². The molecule has 1 aliphatic rings. The third-order valence-electron chi connectivity index (χ3n) is 5.80. The van der Waals surface area contributed by atoms with Crippen LogP contribution in [0.25, 0.3) is 0 Å². The van der Waals surface area contributed by atoms with Gasteiger partial charge in [-0.3, -0.25) is 4.79 Å². The third-order valence-corrected chi connectivity index (χ3v) is 7.72. The molecule has 2 heterocycles. The van der Waals surface area contributed by atoms with Gasteiger partial charge in [0.2, 0.25) is 10.0 Å². The number of aromatic nitrogens is 1. The number of piperidine rings is 1. The summed E-state index contributed by atoms with van der Waals surface area (Å²) < 4.78 is 31.8. The highest BCUT2D eigenvalue weighted by atomic mass is 32.2. The number of benzene rings is 1. The molecule has 3 rings (SSSR count). The number of nitrogens with zero attached hydrogens (tertiary/aromatic N) is 1. The maximum atomic E-state index is 12.7. The van der Waals surface area contributed by atoms with E-state index in [1.54, 1.807) is 37.3 Å². The van der Waals surface area contributed by atoms with Gasteiger partial charge in [0, 0.05) is 25.3 Å². The second-order valence-corrected chi connectivity index (χ2v) is 9.63. The van der Waals surface area contributed by atoms with Gasteiger partial charge in [-0.2, -0.15) is 4.31 Å². The van der Waals surface area contributed by atoms with E-state index < -0.39 is 16.0 Å². The van der Waals surface area contributed by atoms with Gasteiger partial charge in [-0.25, -0.2) is 13.2 Å². The Balaban J connectivity index is 1.58. The van der Waals surface area contributed by atoms with Crippen molar-refractivity contribution in [3.63, 3.8) is 0 Å². The van der Waals surface area contributed by atoms with E-state index in [2.05, 4.69) is 10.3 Å². The Bertz CT molecular complexity index is 1040. The number of aryl methyl sites for hydroxylation is 1. The van der Waals surface area contributed by atoms with Crippen molar-refractivity contribution in [1.82, 2.24) is 14.6 Å². The van der Waals surface area contributed by atoms with E-state index >= 15 is 0 Å². The topological polar surface area (TPSA) is 109 Å². The Morgan fingerprint density at radius 1 is 1.19 bits per heavy atom. The van der Waals surface area contributed by atoms with Crippen LogP contribution in [-0.2, 0) is 21.2 Å². The molecule has 1 aromatic heterocycles. The smallest absolute Gasteiger partial charge is 0.339 e. The SMILES string of the molecule is CCc1[nH]c(C(=O)NCC2CCN(S(=O)(=O)c3ccccc3)CC2)c(C)c1C(=O)OC. The number of rotatable bonds is 7. The van der Waals surface area contributed by atoms with Crippen molar-refractivity contribution in [2.75, 3.05) is 26.7 Å². The maximum Gasteiger partial charge on any atom is 0.339 e. The average molecular weight is 448 g/mol. The largest absolute Gasteiger partial charge is 0.465 e. The zero-order valence-corrected chi connectivity index (χ0v) is 18.9. The number of H-pyrrole nitrogens is 1. The highest BCUT2D eigenvalue weighted by Gasteiger charge is 2.30. The molecule has 8 nitrogen and oxygen atoms in total. The molecule has 0 saturated carbocycles. The number of esters is 1. The van der Waals surface area contributed by atoms with Crippen LogP contribution in [-0.4, -0.2) is 56.3 Å².